The van der Waals surface area contributed by atoms with Crippen molar-refractivity contribution in [2.75, 3.05) is 0 Å². The van der Waals surface area contributed by atoms with E-state index in [1.165, 1.54) is 44.2 Å². The van der Waals surface area contributed by atoms with Gasteiger partial charge in [0.25, 0.3) is 0 Å². The first kappa shape index (κ1) is 15.7. The summed E-state index contributed by atoms with van der Waals surface area (Å²) in [5, 5.41) is 0.495. The molecular formula is C16H24ClFN2. The van der Waals surface area contributed by atoms with E-state index in [1.54, 1.807) is 6.07 Å². The molecule has 1 aliphatic rings. The minimum absolute atomic E-state index is 0.211. The van der Waals surface area contributed by atoms with Crippen molar-refractivity contribution in [2.45, 2.75) is 51.5 Å². The van der Waals surface area contributed by atoms with E-state index in [2.05, 4.69) is 12.3 Å². The van der Waals surface area contributed by atoms with Gasteiger partial charge in [0.15, 0.2) is 0 Å². The van der Waals surface area contributed by atoms with Crippen LogP contribution in [0.15, 0.2) is 18.2 Å². The van der Waals surface area contributed by atoms with Crippen molar-refractivity contribution >= 4 is 11.6 Å². The summed E-state index contributed by atoms with van der Waals surface area (Å²) >= 11 is 6.13. The fraction of sp³-hybridized carbons (Fsp3) is 0.625. The number of hydrogen-bond donors (Lipinski definition) is 2. The predicted molar refractivity (Wildman–Crippen MR) is 82.0 cm³/mol. The van der Waals surface area contributed by atoms with Crippen LogP contribution in [0.1, 0.15) is 44.6 Å². The summed E-state index contributed by atoms with van der Waals surface area (Å²) in [6.45, 7) is 2.25. The molecule has 3 unspecified atom stereocenters. The van der Waals surface area contributed by atoms with Crippen LogP contribution in [0.25, 0.3) is 0 Å². The highest BCUT2D eigenvalue weighted by molar-refractivity contribution is 6.31. The van der Waals surface area contributed by atoms with Crippen LogP contribution in [-0.2, 0) is 6.42 Å². The van der Waals surface area contributed by atoms with Gasteiger partial charge in [0.2, 0.25) is 0 Å². The van der Waals surface area contributed by atoms with E-state index < -0.39 is 0 Å². The van der Waals surface area contributed by atoms with Crippen molar-refractivity contribution in [3.8, 4) is 0 Å². The van der Waals surface area contributed by atoms with Crippen molar-refractivity contribution in [3.63, 3.8) is 0 Å². The van der Waals surface area contributed by atoms with Crippen molar-refractivity contribution < 1.29 is 4.39 Å². The van der Waals surface area contributed by atoms with Gasteiger partial charge in [-0.2, -0.15) is 0 Å². The van der Waals surface area contributed by atoms with Crippen LogP contribution >= 0.6 is 11.6 Å². The Labute approximate surface area is 125 Å². The van der Waals surface area contributed by atoms with Gasteiger partial charge in [0.05, 0.1) is 0 Å². The monoisotopic (exact) mass is 298 g/mol. The summed E-state index contributed by atoms with van der Waals surface area (Å²) in [5.41, 5.74) is 3.94. The third-order valence-corrected chi connectivity index (χ3v) is 5.03. The molecule has 0 heterocycles. The van der Waals surface area contributed by atoms with Gasteiger partial charge < -0.3 is 0 Å². The van der Waals surface area contributed by atoms with E-state index in [9.17, 15) is 4.39 Å². The van der Waals surface area contributed by atoms with Crippen LogP contribution in [0, 0.1) is 17.7 Å². The molecule has 0 aromatic heterocycles. The molecule has 0 radical (unpaired) electrons. The molecule has 1 fully saturated rings. The second-order valence-corrected chi connectivity index (χ2v) is 6.24. The summed E-state index contributed by atoms with van der Waals surface area (Å²) < 4.78 is 13.1. The molecule has 0 spiro atoms. The molecule has 1 aliphatic carbocycles. The molecule has 1 saturated carbocycles. The van der Waals surface area contributed by atoms with Gasteiger partial charge in [-0.25, -0.2) is 4.39 Å². The molecule has 3 N–H and O–H groups in total. The highest BCUT2D eigenvalue weighted by Crippen LogP contribution is 2.35. The standard InChI is InChI=1S/C16H24ClFN2/c1-2-11-5-3-4-6-14(11)16(20-19)9-12-7-8-13(18)10-15(12)17/h7-8,10-11,14,16,20H,2-6,9,19H2,1H3. The molecule has 20 heavy (non-hydrogen) atoms. The maximum atomic E-state index is 13.1. The zero-order valence-corrected chi connectivity index (χ0v) is 12.8. The first-order chi connectivity index (χ1) is 9.65. The lowest BCUT2D eigenvalue weighted by atomic mass is 9.73. The van der Waals surface area contributed by atoms with Crippen molar-refractivity contribution in [2.24, 2.45) is 17.7 Å². The van der Waals surface area contributed by atoms with E-state index in [1.807, 2.05) is 0 Å². The van der Waals surface area contributed by atoms with Gasteiger partial charge >= 0.3 is 0 Å². The molecular weight excluding hydrogens is 275 g/mol. The minimum atomic E-state index is -0.292. The van der Waals surface area contributed by atoms with Gasteiger partial charge in [-0.05, 0) is 42.4 Å². The van der Waals surface area contributed by atoms with Gasteiger partial charge in [0, 0.05) is 11.1 Å². The Balaban J connectivity index is 2.11. The molecule has 0 saturated heterocycles. The average molecular weight is 299 g/mol. The Kier molecular flexibility index (Phi) is 5.82. The Morgan fingerprint density at radius 1 is 1.40 bits per heavy atom. The van der Waals surface area contributed by atoms with Crippen LogP contribution in [-0.4, -0.2) is 6.04 Å². The Morgan fingerprint density at radius 2 is 2.15 bits per heavy atom. The van der Waals surface area contributed by atoms with Gasteiger partial charge in [0.1, 0.15) is 5.82 Å². The van der Waals surface area contributed by atoms with Gasteiger partial charge in [-0.3, -0.25) is 11.3 Å². The molecule has 0 aliphatic heterocycles. The zero-order valence-electron chi connectivity index (χ0n) is 12.0. The molecule has 3 atom stereocenters. The van der Waals surface area contributed by atoms with Gasteiger partial charge in [-0.1, -0.05) is 50.3 Å². The normalized spacial score (nSPS) is 24.6. The van der Waals surface area contributed by atoms with E-state index in [0.717, 1.165) is 17.9 Å². The van der Waals surface area contributed by atoms with E-state index >= 15 is 0 Å². The van der Waals surface area contributed by atoms with E-state index in [0.29, 0.717) is 10.9 Å². The molecule has 1 aromatic rings. The summed E-state index contributed by atoms with van der Waals surface area (Å²) in [5.74, 6) is 6.80. The fourth-order valence-electron chi connectivity index (χ4n) is 3.53. The van der Waals surface area contributed by atoms with Crippen LogP contribution < -0.4 is 11.3 Å². The summed E-state index contributed by atoms with van der Waals surface area (Å²) in [6.07, 6.45) is 7.06. The number of hydrogen-bond acceptors (Lipinski definition) is 2. The third-order valence-electron chi connectivity index (χ3n) is 4.68. The number of hydrazine groups is 1. The van der Waals surface area contributed by atoms with Crippen molar-refractivity contribution in [1.29, 1.82) is 0 Å². The average Bonchev–Trinajstić information content (AvgIpc) is 2.46. The summed E-state index contributed by atoms with van der Waals surface area (Å²) in [7, 11) is 0. The van der Waals surface area contributed by atoms with Crippen molar-refractivity contribution in [3.05, 3.63) is 34.6 Å². The summed E-state index contributed by atoms with van der Waals surface area (Å²) in [4.78, 5) is 0. The highest BCUT2D eigenvalue weighted by atomic mass is 35.5. The number of nitrogens with two attached hydrogens (primary N) is 1. The zero-order chi connectivity index (χ0) is 14.5. The molecule has 112 valence electrons. The molecule has 2 rings (SSSR count). The predicted octanol–water partition coefficient (Wildman–Crippen LogP) is 4.07. The quantitative estimate of drug-likeness (QED) is 0.635. The first-order valence-corrected chi connectivity index (χ1v) is 7.93. The Morgan fingerprint density at radius 3 is 2.80 bits per heavy atom. The topological polar surface area (TPSA) is 38.0 Å². The molecule has 1 aromatic carbocycles. The molecule has 4 heteroatoms. The maximum Gasteiger partial charge on any atom is 0.124 e. The van der Waals surface area contributed by atoms with Crippen LogP contribution in [0.2, 0.25) is 5.02 Å². The van der Waals surface area contributed by atoms with Gasteiger partial charge in [-0.15, -0.1) is 0 Å². The van der Waals surface area contributed by atoms with E-state index in [4.69, 9.17) is 17.4 Å². The smallest absolute Gasteiger partial charge is 0.124 e. The number of rotatable bonds is 5. The number of benzene rings is 1. The largest absolute Gasteiger partial charge is 0.271 e. The Hall–Kier alpha value is -0.640. The highest BCUT2D eigenvalue weighted by Gasteiger charge is 2.30. The van der Waals surface area contributed by atoms with Crippen molar-refractivity contribution in [1.82, 2.24) is 5.43 Å². The second kappa shape index (κ2) is 7.39. The fourth-order valence-corrected chi connectivity index (χ4v) is 3.78. The Bertz CT molecular complexity index is 438. The molecule has 2 nitrogen and oxygen atoms in total. The SMILES string of the molecule is CCC1CCCCC1C(Cc1ccc(F)cc1Cl)NN. The second-order valence-electron chi connectivity index (χ2n) is 5.83. The minimum Gasteiger partial charge on any atom is -0.271 e. The number of nitrogens with one attached hydrogen (secondary N) is 1. The first-order valence-electron chi connectivity index (χ1n) is 7.55. The third kappa shape index (κ3) is 3.72. The summed E-state index contributed by atoms with van der Waals surface area (Å²) in [6, 6.07) is 4.82. The maximum absolute atomic E-state index is 13.1. The van der Waals surface area contributed by atoms with Crippen LogP contribution in [0.3, 0.4) is 0 Å². The lowest BCUT2D eigenvalue weighted by Gasteiger charge is -2.36. The van der Waals surface area contributed by atoms with Crippen LogP contribution in [0.5, 0.6) is 0 Å². The number of halogens is 2. The lowest BCUT2D eigenvalue weighted by Crippen LogP contribution is -2.46. The lowest BCUT2D eigenvalue weighted by molar-refractivity contribution is 0.174. The molecule has 0 amide bonds. The van der Waals surface area contributed by atoms with Crippen LogP contribution in [0.4, 0.5) is 4.39 Å². The molecule has 0 bridgehead atoms. The van der Waals surface area contributed by atoms with E-state index in [-0.39, 0.29) is 11.9 Å².